The van der Waals surface area contributed by atoms with Crippen LogP contribution in [0.5, 0.6) is 0 Å². The first-order valence-electron chi connectivity index (χ1n) is 6.10. The summed E-state index contributed by atoms with van der Waals surface area (Å²) in [7, 11) is 0. The number of rotatable bonds is 2. The Bertz CT molecular complexity index is 392. The molecule has 1 N–H and O–H groups in total. The lowest BCUT2D eigenvalue weighted by atomic mass is 9.99. The molecule has 2 aliphatic carbocycles. The van der Waals surface area contributed by atoms with Gasteiger partial charge in [0.05, 0.1) is 10.9 Å². The van der Waals surface area contributed by atoms with Crippen molar-refractivity contribution >= 4 is 17.5 Å². The number of hydrogen-bond donors (Lipinski definition) is 1. The first-order chi connectivity index (χ1) is 7.83. The fraction of sp³-hybridized carbons (Fsp3) is 0.667. The maximum absolute atomic E-state index is 11.7. The van der Waals surface area contributed by atoms with E-state index in [4.69, 9.17) is 0 Å². The zero-order chi connectivity index (χ0) is 11.0. The highest BCUT2D eigenvalue weighted by Crippen LogP contribution is 2.32. The van der Waals surface area contributed by atoms with Gasteiger partial charge in [-0.2, -0.15) is 0 Å². The van der Waals surface area contributed by atoms with Crippen LogP contribution in [0.3, 0.4) is 0 Å². The Kier molecular flexibility index (Phi) is 2.75. The first kappa shape index (κ1) is 10.4. The van der Waals surface area contributed by atoms with Crippen LogP contribution >= 0.6 is 11.8 Å². The number of aromatic amines is 1. The Balaban J connectivity index is 1.71. The molecule has 2 aliphatic rings. The summed E-state index contributed by atoms with van der Waals surface area (Å²) >= 11 is 1.64. The summed E-state index contributed by atoms with van der Waals surface area (Å²) in [6.07, 6.45) is 7.50. The van der Waals surface area contributed by atoms with Crippen molar-refractivity contribution in [3.05, 3.63) is 11.4 Å². The van der Waals surface area contributed by atoms with Crippen molar-refractivity contribution in [2.45, 2.75) is 55.4 Å². The second kappa shape index (κ2) is 4.24. The Morgan fingerprint density at radius 3 is 2.94 bits per heavy atom. The van der Waals surface area contributed by atoms with Crippen LogP contribution in [0.2, 0.25) is 0 Å². The van der Waals surface area contributed by atoms with E-state index in [1.54, 1.807) is 11.8 Å². The van der Waals surface area contributed by atoms with Crippen LogP contribution in [-0.2, 0) is 17.6 Å². The van der Waals surface area contributed by atoms with Gasteiger partial charge in [-0.3, -0.25) is 4.79 Å². The topological polar surface area (TPSA) is 45.8 Å². The van der Waals surface area contributed by atoms with Crippen molar-refractivity contribution < 1.29 is 4.79 Å². The maximum atomic E-state index is 11.7. The number of Topliss-reactive ketones (excluding diaryl/α,β-unsaturated/α-hetero) is 1. The molecule has 1 heterocycles. The molecular formula is C12H16N2OS. The summed E-state index contributed by atoms with van der Waals surface area (Å²) in [5.74, 6) is 0.410. The molecule has 0 amide bonds. The lowest BCUT2D eigenvalue weighted by Gasteiger charge is -2.18. The minimum absolute atomic E-state index is 0.153. The number of aromatic nitrogens is 2. The number of thioether (sulfide) groups is 1. The molecule has 16 heavy (non-hydrogen) atoms. The number of carbonyl (C=O) groups excluding carboxylic acids is 1. The van der Waals surface area contributed by atoms with Gasteiger partial charge in [-0.05, 0) is 32.1 Å². The van der Waals surface area contributed by atoms with E-state index in [2.05, 4.69) is 9.97 Å². The van der Waals surface area contributed by atoms with Crippen LogP contribution in [0.15, 0.2) is 5.16 Å². The third-order valence-electron chi connectivity index (χ3n) is 3.44. The fourth-order valence-electron chi connectivity index (χ4n) is 2.53. The Labute approximate surface area is 99.4 Å². The van der Waals surface area contributed by atoms with Crippen LogP contribution in [0, 0.1) is 0 Å². The van der Waals surface area contributed by atoms with E-state index in [0.717, 1.165) is 37.3 Å². The number of nitrogens with one attached hydrogen (secondary N) is 1. The molecule has 0 saturated heterocycles. The van der Waals surface area contributed by atoms with Crippen LogP contribution in [0.1, 0.15) is 43.5 Å². The van der Waals surface area contributed by atoms with E-state index in [0.29, 0.717) is 5.78 Å². The molecule has 1 unspecified atom stereocenters. The smallest absolute Gasteiger partial charge is 0.166 e. The van der Waals surface area contributed by atoms with Crippen molar-refractivity contribution in [1.82, 2.24) is 9.97 Å². The zero-order valence-corrected chi connectivity index (χ0v) is 10.1. The number of carbonyl (C=O) groups is 1. The number of aryl methyl sites for hydroxylation is 2. The van der Waals surface area contributed by atoms with Gasteiger partial charge in [-0.15, -0.1) is 0 Å². The quantitative estimate of drug-likeness (QED) is 0.858. The minimum Gasteiger partial charge on any atom is -0.337 e. The highest BCUT2D eigenvalue weighted by atomic mass is 32.2. The van der Waals surface area contributed by atoms with Crippen LogP contribution in [0.25, 0.3) is 0 Å². The number of fused-ring (bicyclic) bond motifs is 1. The third-order valence-corrected chi connectivity index (χ3v) is 4.64. The number of nitrogens with zero attached hydrogens (tertiary/aromatic N) is 1. The van der Waals surface area contributed by atoms with Crippen molar-refractivity contribution in [2.75, 3.05) is 0 Å². The average molecular weight is 236 g/mol. The van der Waals surface area contributed by atoms with Gasteiger partial charge < -0.3 is 4.98 Å². The molecule has 0 aromatic carbocycles. The van der Waals surface area contributed by atoms with Crippen molar-refractivity contribution in [1.29, 1.82) is 0 Å². The van der Waals surface area contributed by atoms with Crippen LogP contribution in [-0.4, -0.2) is 21.0 Å². The predicted molar refractivity (Wildman–Crippen MR) is 63.7 cm³/mol. The van der Waals surface area contributed by atoms with Gasteiger partial charge in [0.15, 0.2) is 5.16 Å². The van der Waals surface area contributed by atoms with E-state index in [1.165, 1.54) is 24.2 Å². The lowest BCUT2D eigenvalue weighted by molar-refractivity contribution is -0.119. The van der Waals surface area contributed by atoms with Gasteiger partial charge in [0.25, 0.3) is 0 Å². The summed E-state index contributed by atoms with van der Waals surface area (Å²) < 4.78 is 0. The van der Waals surface area contributed by atoms with Crippen molar-refractivity contribution in [3.8, 4) is 0 Å². The molecule has 4 heteroatoms. The lowest BCUT2D eigenvalue weighted by Crippen LogP contribution is -2.21. The molecule has 0 bridgehead atoms. The largest absolute Gasteiger partial charge is 0.337 e. The molecule has 0 aliphatic heterocycles. The molecule has 1 aromatic rings. The Morgan fingerprint density at radius 1 is 1.19 bits per heavy atom. The normalized spacial score (nSPS) is 24.8. The van der Waals surface area contributed by atoms with Gasteiger partial charge in [-0.25, -0.2) is 4.98 Å². The summed E-state index contributed by atoms with van der Waals surface area (Å²) in [6.45, 7) is 0. The molecule has 86 valence electrons. The van der Waals surface area contributed by atoms with Gasteiger partial charge >= 0.3 is 0 Å². The van der Waals surface area contributed by atoms with E-state index in [-0.39, 0.29) is 5.25 Å². The predicted octanol–water partition coefficient (Wildman–Crippen LogP) is 2.50. The number of H-pyrrole nitrogens is 1. The molecule has 0 spiro atoms. The molecule has 1 aromatic heterocycles. The van der Waals surface area contributed by atoms with E-state index >= 15 is 0 Å². The average Bonchev–Trinajstić information content (AvgIpc) is 2.81. The molecule has 3 nitrogen and oxygen atoms in total. The standard InChI is InChI=1S/C12H16N2OS/c15-10-6-1-2-7-11(10)16-12-13-8-4-3-5-9(8)14-12/h11H,1-7H2,(H,13,14). The number of hydrogen-bond acceptors (Lipinski definition) is 3. The SMILES string of the molecule is O=C1CCCCC1Sc1nc2c([nH]1)CCC2. The second-order valence-corrected chi connectivity index (χ2v) is 5.83. The Hall–Kier alpha value is -0.770. The zero-order valence-electron chi connectivity index (χ0n) is 9.29. The van der Waals surface area contributed by atoms with Gasteiger partial charge in [0, 0.05) is 12.1 Å². The monoisotopic (exact) mass is 236 g/mol. The highest BCUT2D eigenvalue weighted by molar-refractivity contribution is 8.00. The molecule has 1 fully saturated rings. The van der Waals surface area contributed by atoms with Crippen LogP contribution < -0.4 is 0 Å². The molecule has 1 atom stereocenters. The summed E-state index contributed by atoms with van der Waals surface area (Å²) in [5.41, 5.74) is 2.52. The third kappa shape index (κ3) is 1.90. The van der Waals surface area contributed by atoms with Gasteiger partial charge in [0.2, 0.25) is 0 Å². The van der Waals surface area contributed by atoms with Crippen molar-refractivity contribution in [3.63, 3.8) is 0 Å². The molecule has 1 saturated carbocycles. The van der Waals surface area contributed by atoms with E-state index in [1.807, 2.05) is 0 Å². The van der Waals surface area contributed by atoms with Crippen LogP contribution in [0.4, 0.5) is 0 Å². The molecule has 0 radical (unpaired) electrons. The maximum Gasteiger partial charge on any atom is 0.166 e. The minimum atomic E-state index is 0.153. The molecule has 3 rings (SSSR count). The highest BCUT2D eigenvalue weighted by Gasteiger charge is 2.25. The number of imidazole rings is 1. The van der Waals surface area contributed by atoms with Crippen molar-refractivity contribution in [2.24, 2.45) is 0 Å². The summed E-state index contributed by atoms with van der Waals surface area (Å²) in [6, 6.07) is 0. The van der Waals surface area contributed by atoms with Gasteiger partial charge in [0.1, 0.15) is 5.78 Å². The van der Waals surface area contributed by atoms with E-state index < -0.39 is 0 Å². The Morgan fingerprint density at radius 2 is 2.12 bits per heavy atom. The first-order valence-corrected chi connectivity index (χ1v) is 6.98. The van der Waals surface area contributed by atoms with E-state index in [9.17, 15) is 4.79 Å². The second-order valence-electron chi connectivity index (χ2n) is 4.64. The number of ketones is 1. The van der Waals surface area contributed by atoms with Gasteiger partial charge in [-0.1, -0.05) is 18.2 Å². The fourth-order valence-corrected chi connectivity index (χ4v) is 3.68. The summed E-state index contributed by atoms with van der Waals surface area (Å²) in [4.78, 5) is 19.6. The summed E-state index contributed by atoms with van der Waals surface area (Å²) in [5, 5.41) is 1.12. The molecular weight excluding hydrogens is 220 g/mol.